The van der Waals surface area contributed by atoms with Gasteiger partial charge >= 0.3 is 0 Å². The Bertz CT molecular complexity index is 370. The molecule has 1 rings (SSSR count). The normalized spacial score (nSPS) is 12.2. The first-order valence-electron chi connectivity index (χ1n) is 5.99. The Morgan fingerprint density at radius 3 is 2.72 bits per heavy atom. The van der Waals surface area contributed by atoms with Crippen molar-refractivity contribution in [3.8, 4) is 0 Å². The number of thioether (sulfide) groups is 1. The minimum atomic E-state index is -0.266. The van der Waals surface area contributed by atoms with Crippen molar-refractivity contribution < 1.29 is 9.18 Å². The third kappa shape index (κ3) is 5.51. The van der Waals surface area contributed by atoms with Crippen LogP contribution < -0.4 is 11.1 Å². The van der Waals surface area contributed by atoms with E-state index in [1.807, 2.05) is 6.92 Å². The van der Waals surface area contributed by atoms with Crippen LogP contribution >= 0.6 is 11.8 Å². The number of hydrogen-bond acceptors (Lipinski definition) is 3. The summed E-state index contributed by atoms with van der Waals surface area (Å²) < 4.78 is 12.7. The quantitative estimate of drug-likeness (QED) is 0.797. The molecule has 18 heavy (non-hydrogen) atoms. The smallest absolute Gasteiger partial charge is 0.229 e. The highest BCUT2D eigenvalue weighted by Gasteiger charge is 2.07. The van der Waals surface area contributed by atoms with Gasteiger partial charge in [-0.3, -0.25) is 4.79 Å². The van der Waals surface area contributed by atoms with Crippen molar-refractivity contribution >= 4 is 17.7 Å². The average Bonchev–Trinajstić information content (AvgIpc) is 2.37. The summed E-state index contributed by atoms with van der Waals surface area (Å²) >= 11 is 1.49. The minimum Gasteiger partial charge on any atom is -0.355 e. The van der Waals surface area contributed by atoms with Crippen LogP contribution in [0.3, 0.4) is 0 Å². The van der Waals surface area contributed by atoms with Crippen molar-refractivity contribution in [2.75, 3.05) is 18.1 Å². The fourth-order valence-electron chi connectivity index (χ4n) is 1.40. The molecule has 1 amide bonds. The van der Waals surface area contributed by atoms with Gasteiger partial charge in [0.05, 0.1) is 5.75 Å². The molecule has 0 aliphatic carbocycles. The van der Waals surface area contributed by atoms with Crippen molar-refractivity contribution in [2.24, 2.45) is 5.73 Å². The van der Waals surface area contributed by atoms with E-state index in [-0.39, 0.29) is 17.8 Å². The lowest BCUT2D eigenvalue weighted by atomic mass is 10.1. The van der Waals surface area contributed by atoms with Crippen LogP contribution in [0.15, 0.2) is 24.3 Å². The number of nitrogens with one attached hydrogen (secondary N) is 1. The molecule has 5 heteroatoms. The lowest BCUT2D eigenvalue weighted by molar-refractivity contribution is -0.118. The van der Waals surface area contributed by atoms with Crippen LogP contribution in [0.1, 0.15) is 24.9 Å². The molecule has 3 N–H and O–H groups in total. The number of amides is 1. The van der Waals surface area contributed by atoms with E-state index in [2.05, 4.69) is 5.32 Å². The Balaban J connectivity index is 2.26. The second kappa shape index (κ2) is 8.11. The predicted molar refractivity (Wildman–Crippen MR) is 74.0 cm³/mol. The first-order valence-corrected chi connectivity index (χ1v) is 7.14. The summed E-state index contributed by atoms with van der Waals surface area (Å²) in [6.07, 6.45) is 0.936. The van der Waals surface area contributed by atoms with Crippen LogP contribution in [-0.2, 0) is 4.79 Å². The van der Waals surface area contributed by atoms with E-state index in [0.29, 0.717) is 18.1 Å². The van der Waals surface area contributed by atoms with Gasteiger partial charge in [0.15, 0.2) is 0 Å². The molecule has 0 spiro atoms. The summed E-state index contributed by atoms with van der Waals surface area (Å²) in [4.78, 5) is 11.3. The van der Waals surface area contributed by atoms with Crippen LogP contribution in [0.2, 0.25) is 0 Å². The Hall–Kier alpha value is -1.07. The van der Waals surface area contributed by atoms with Gasteiger partial charge in [0.2, 0.25) is 5.91 Å². The van der Waals surface area contributed by atoms with Gasteiger partial charge in [-0.25, -0.2) is 4.39 Å². The summed E-state index contributed by atoms with van der Waals surface area (Å²) in [5.74, 6) is 0.825. The summed E-state index contributed by atoms with van der Waals surface area (Å²) in [5.41, 5.74) is 6.84. The molecule has 0 fully saturated rings. The van der Waals surface area contributed by atoms with E-state index in [9.17, 15) is 9.18 Å². The predicted octanol–water partition coefficient (Wildman–Crippen LogP) is 2.08. The zero-order valence-electron chi connectivity index (χ0n) is 10.5. The average molecular weight is 270 g/mol. The van der Waals surface area contributed by atoms with Crippen LogP contribution in [0, 0.1) is 5.82 Å². The van der Waals surface area contributed by atoms with E-state index in [1.165, 1.54) is 23.9 Å². The maximum atomic E-state index is 12.7. The zero-order valence-corrected chi connectivity index (χ0v) is 11.3. The van der Waals surface area contributed by atoms with Crippen molar-refractivity contribution in [1.29, 1.82) is 0 Å². The number of nitrogens with two attached hydrogens (primary N) is 1. The molecule has 100 valence electrons. The van der Waals surface area contributed by atoms with Crippen LogP contribution in [-0.4, -0.2) is 24.0 Å². The lowest BCUT2D eigenvalue weighted by Gasteiger charge is -2.11. The lowest BCUT2D eigenvalue weighted by Crippen LogP contribution is -2.26. The molecule has 0 radical (unpaired) electrons. The Labute approximate surface area is 111 Å². The molecule has 0 aliphatic rings. The monoisotopic (exact) mass is 270 g/mol. The molecular formula is C13H19FN2OS. The highest BCUT2D eigenvalue weighted by Crippen LogP contribution is 2.16. The van der Waals surface area contributed by atoms with E-state index < -0.39 is 0 Å². The Morgan fingerprint density at radius 2 is 2.11 bits per heavy atom. The SMILES string of the molecule is CCCNC(=O)CSCC(N)c1ccc(F)cc1. The number of benzene rings is 1. The molecular weight excluding hydrogens is 251 g/mol. The maximum absolute atomic E-state index is 12.7. The van der Waals surface area contributed by atoms with Crippen molar-refractivity contribution in [1.82, 2.24) is 5.32 Å². The highest BCUT2D eigenvalue weighted by atomic mass is 32.2. The van der Waals surface area contributed by atoms with Crippen LogP contribution in [0.5, 0.6) is 0 Å². The van der Waals surface area contributed by atoms with E-state index in [0.717, 1.165) is 12.0 Å². The van der Waals surface area contributed by atoms with Gasteiger partial charge in [0.25, 0.3) is 0 Å². The van der Waals surface area contributed by atoms with Crippen LogP contribution in [0.4, 0.5) is 4.39 Å². The second-order valence-electron chi connectivity index (χ2n) is 4.02. The molecule has 0 saturated carbocycles. The molecule has 1 unspecified atom stereocenters. The van der Waals surface area contributed by atoms with E-state index in [1.54, 1.807) is 12.1 Å². The standard InChI is InChI=1S/C13H19FN2OS/c1-2-7-16-13(17)9-18-8-12(15)10-3-5-11(14)6-4-10/h3-6,12H,2,7-9,15H2,1H3,(H,16,17). The fourth-order valence-corrected chi connectivity index (χ4v) is 2.25. The molecule has 0 heterocycles. The largest absolute Gasteiger partial charge is 0.355 e. The molecule has 1 atom stereocenters. The number of hydrogen-bond donors (Lipinski definition) is 2. The van der Waals surface area contributed by atoms with Gasteiger partial charge < -0.3 is 11.1 Å². The molecule has 0 bridgehead atoms. The van der Waals surface area contributed by atoms with Crippen molar-refractivity contribution in [3.05, 3.63) is 35.6 Å². The van der Waals surface area contributed by atoms with Crippen molar-refractivity contribution in [2.45, 2.75) is 19.4 Å². The number of carbonyl (C=O) groups is 1. The maximum Gasteiger partial charge on any atom is 0.229 e. The summed E-state index contributed by atoms with van der Waals surface area (Å²) in [6.45, 7) is 2.72. The first-order chi connectivity index (χ1) is 8.63. The van der Waals surface area contributed by atoms with Crippen LogP contribution in [0.25, 0.3) is 0 Å². The number of halogens is 1. The van der Waals surface area contributed by atoms with Gasteiger partial charge in [-0.1, -0.05) is 19.1 Å². The third-order valence-corrected chi connectivity index (χ3v) is 3.46. The third-order valence-electron chi connectivity index (χ3n) is 2.40. The molecule has 1 aromatic rings. The van der Waals surface area contributed by atoms with Gasteiger partial charge in [0.1, 0.15) is 5.82 Å². The number of rotatable bonds is 7. The second-order valence-corrected chi connectivity index (χ2v) is 5.05. The van der Waals surface area contributed by atoms with E-state index >= 15 is 0 Å². The molecule has 3 nitrogen and oxygen atoms in total. The van der Waals surface area contributed by atoms with Gasteiger partial charge in [-0.05, 0) is 24.1 Å². The molecule has 0 aliphatic heterocycles. The van der Waals surface area contributed by atoms with Gasteiger partial charge in [0, 0.05) is 18.3 Å². The Morgan fingerprint density at radius 1 is 1.44 bits per heavy atom. The Kier molecular flexibility index (Phi) is 6.75. The van der Waals surface area contributed by atoms with Gasteiger partial charge in [-0.2, -0.15) is 11.8 Å². The fraction of sp³-hybridized carbons (Fsp3) is 0.462. The van der Waals surface area contributed by atoms with Crippen molar-refractivity contribution in [3.63, 3.8) is 0 Å². The van der Waals surface area contributed by atoms with Gasteiger partial charge in [-0.15, -0.1) is 0 Å². The molecule has 1 aromatic carbocycles. The zero-order chi connectivity index (χ0) is 13.4. The highest BCUT2D eigenvalue weighted by molar-refractivity contribution is 7.99. The molecule has 0 aromatic heterocycles. The van der Waals surface area contributed by atoms with E-state index in [4.69, 9.17) is 5.73 Å². The summed E-state index contributed by atoms with van der Waals surface area (Å²) in [5, 5.41) is 2.80. The first kappa shape index (κ1) is 15.0. The summed E-state index contributed by atoms with van der Waals surface area (Å²) in [7, 11) is 0. The molecule has 0 saturated heterocycles. The number of carbonyl (C=O) groups excluding carboxylic acids is 1. The summed E-state index contributed by atoms with van der Waals surface area (Å²) in [6, 6.07) is 5.98. The topological polar surface area (TPSA) is 55.1 Å². The minimum absolute atomic E-state index is 0.0353.